The van der Waals surface area contributed by atoms with E-state index >= 15 is 0 Å². The molecular weight excluding hydrogens is 377 g/mol. The Balaban J connectivity index is 1.91. The van der Waals surface area contributed by atoms with Gasteiger partial charge < -0.3 is 10.1 Å². The fourth-order valence-corrected chi connectivity index (χ4v) is 4.95. The SMILES string of the molecule is COC(=O)c1ccccc1CSc1c(Cl)cc(Cl)c2c1CCNCC2. The van der Waals surface area contributed by atoms with E-state index in [1.54, 1.807) is 17.8 Å². The lowest BCUT2D eigenvalue weighted by atomic mass is 10.0. The van der Waals surface area contributed by atoms with Gasteiger partial charge in [-0.25, -0.2) is 4.79 Å². The number of ether oxygens (including phenoxy) is 1. The van der Waals surface area contributed by atoms with Crippen LogP contribution in [0, 0.1) is 0 Å². The fraction of sp³-hybridized carbons (Fsp3) is 0.316. The predicted molar refractivity (Wildman–Crippen MR) is 104 cm³/mol. The minimum absolute atomic E-state index is 0.318. The van der Waals surface area contributed by atoms with Crippen LogP contribution in [0.2, 0.25) is 10.0 Å². The van der Waals surface area contributed by atoms with E-state index in [9.17, 15) is 4.79 Å². The van der Waals surface area contributed by atoms with E-state index in [1.807, 2.05) is 24.3 Å². The second-order valence-electron chi connectivity index (χ2n) is 5.81. The maximum Gasteiger partial charge on any atom is 0.338 e. The van der Waals surface area contributed by atoms with Crippen molar-refractivity contribution in [1.29, 1.82) is 0 Å². The third-order valence-corrected chi connectivity index (χ3v) is 6.25. The van der Waals surface area contributed by atoms with Gasteiger partial charge in [-0.3, -0.25) is 0 Å². The summed E-state index contributed by atoms with van der Waals surface area (Å²) >= 11 is 14.6. The molecule has 132 valence electrons. The summed E-state index contributed by atoms with van der Waals surface area (Å²) in [6, 6.07) is 9.34. The molecule has 0 amide bonds. The van der Waals surface area contributed by atoms with Gasteiger partial charge in [0.1, 0.15) is 0 Å². The molecule has 6 heteroatoms. The van der Waals surface area contributed by atoms with Crippen LogP contribution in [0.1, 0.15) is 27.0 Å². The van der Waals surface area contributed by atoms with E-state index in [0.29, 0.717) is 16.3 Å². The lowest BCUT2D eigenvalue weighted by molar-refractivity contribution is 0.0600. The average molecular weight is 396 g/mol. The number of esters is 1. The normalized spacial score (nSPS) is 13.9. The number of methoxy groups -OCH3 is 1. The van der Waals surface area contributed by atoms with Crippen LogP contribution in [0.15, 0.2) is 35.2 Å². The van der Waals surface area contributed by atoms with E-state index in [0.717, 1.165) is 41.4 Å². The maximum atomic E-state index is 12.0. The van der Waals surface area contributed by atoms with Crippen molar-refractivity contribution in [1.82, 2.24) is 5.32 Å². The van der Waals surface area contributed by atoms with Crippen molar-refractivity contribution in [2.24, 2.45) is 0 Å². The summed E-state index contributed by atoms with van der Waals surface area (Å²) in [6.07, 6.45) is 1.80. The molecule has 1 aliphatic heterocycles. The minimum atomic E-state index is -0.318. The Morgan fingerprint density at radius 1 is 1.16 bits per heavy atom. The largest absolute Gasteiger partial charge is 0.465 e. The Kier molecular flexibility index (Phi) is 6.29. The second-order valence-corrected chi connectivity index (χ2v) is 7.61. The highest BCUT2D eigenvalue weighted by atomic mass is 35.5. The van der Waals surface area contributed by atoms with E-state index < -0.39 is 0 Å². The molecule has 1 aliphatic rings. The molecule has 2 aromatic carbocycles. The average Bonchev–Trinajstić information content (AvgIpc) is 2.87. The van der Waals surface area contributed by atoms with Gasteiger partial charge >= 0.3 is 5.97 Å². The highest BCUT2D eigenvalue weighted by Crippen LogP contribution is 2.39. The molecule has 0 fully saturated rings. The zero-order valence-corrected chi connectivity index (χ0v) is 16.2. The number of carbonyl (C=O) groups excluding carboxylic acids is 1. The lowest BCUT2D eigenvalue weighted by Gasteiger charge is -2.16. The Labute approximate surface area is 162 Å². The van der Waals surface area contributed by atoms with Gasteiger partial charge in [-0.05, 0) is 54.8 Å². The molecule has 25 heavy (non-hydrogen) atoms. The quantitative estimate of drug-likeness (QED) is 0.598. The van der Waals surface area contributed by atoms with Crippen LogP contribution in [0.3, 0.4) is 0 Å². The molecule has 3 rings (SSSR count). The van der Waals surface area contributed by atoms with E-state index in [1.165, 1.54) is 18.2 Å². The van der Waals surface area contributed by atoms with Gasteiger partial charge in [0.25, 0.3) is 0 Å². The van der Waals surface area contributed by atoms with Crippen LogP contribution in [0.5, 0.6) is 0 Å². The van der Waals surface area contributed by atoms with Crippen molar-refractivity contribution in [3.05, 3.63) is 62.6 Å². The number of benzene rings is 2. The first-order chi connectivity index (χ1) is 12.1. The molecule has 0 bridgehead atoms. The second kappa shape index (κ2) is 8.45. The van der Waals surface area contributed by atoms with E-state index in [4.69, 9.17) is 27.9 Å². The zero-order valence-electron chi connectivity index (χ0n) is 13.9. The van der Waals surface area contributed by atoms with Crippen molar-refractivity contribution in [3.8, 4) is 0 Å². The summed E-state index contributed by atoms with van der Waals surface area (Å²) < 4.78 is 4.88. The van der Waals surface area contributed by atoms with Gasteiger partial charge in [0.15, 0.2) is 0 Å². The number of thioether (sulfide) groups is 1. The van der Waals surface area contributed by atoms with Gasteiger partial charge in [0.2, 0.25) is 0 Å². The minimum Gasteiger partial charge on any atom is -0.465 e. The zero-order chi connectivity index (χ0) is 17.8. The predicted octanol–water partition coefficient (Wildman–Crippen LogP) is 4.76. The number of nitrogens with one attached hydrogen (secondary N) is 1. The highest BCUT2D eigenvalue weighted by Gasteiger charge is 2.19. The number of carbonyl (C=O) groups is 1. The van der Waals surface area contributed by atoms with Crippen LogP contribution in [0.25, 0.3) is 0 Å². The molecule has 0 unspecified atom stereocenters. The lowest BCUT2D eigenvalue weighted by Crippen LogP contribution is -2.16. The molecule has 0 saturated heterocycles. The Morgan fingerprint density at radius 3 is 2.64 bits per heavy atom. The Bertz CT molecular complexity index is 795. The van der Waals surface area contributed by atoms with Crippen molar-refractivity contribution in [3.63, 3.8) is 0 Å². The summed E-state index contributed by atoms with van der Waals surface area (Å²) in [7, 11) is 1.40. The van der Waals surface area contributed by atoms with Crippen molar-refractivity contribution in [2.45, 2.75) is 23.5 Å². The summed E-state index contributed by atoms with van der Waals surface area (Å²) in [5, 5.41) is 4.81. The molecule has 0 radical (unpaired) electrons. The van der Waals surface area contributed by atoms with Crippen LogP contribution in [-0.4, -0.2) is 26.2 Å². The van der Waals surface area contributed by atoms with Gasteiger partial charge in [-0.2, -0.15) is 0 Å². The molecule has 0 atom stereocenters. The number of halogens is 2. The summed E-state index contributed by atoms with van der Waals surface area (Å²) in [6.45, 7) is 1.83. The Morgan fingerprint density at radius 2 is 1.88 bits per heavy atom. The molecule has 2 aromatic rings. The first kappa shape index (κ1) is 18.6. The number of rotatable bonds is 4. The maximum absolute atomic E-state index is 12.0. The van der Waals surface area contributed by atoms with Gasteiger partial charge in [-0.1, -0.05) is 41.4 Å². The first-order valence-corrected chi connectivity index (χ1v) is 9.85. The van der Waals surface area contributed by atoms with Gasteiger partial charge in [0, 0.05) is 15.7 Å². The molecule has 0 aromatic heterocycles. The molecule has 0 spiro atoms. The molecule has 0 saturated carbocycles. The molecular formula is C19H19Cl2NO2S. The van der Waals surface area contributed by atoms with Crippen molar-refractivity contribution < 1.29 is 9.53 Å². The van der Waals surface area contributed by atoms with Crippen LogP contribution in [-0.2, 0) is 23.3 Å². The summed E-state index contributed by atoms with van der Waals surface area (Å²) in [5.74, 6) is 0.327. The Hall–Kier alpha value is -1.20. The third-order valence-electron chi connectivity index (χ3n) is 4.30. The van der Waals surface area contributed by atoms with Crippen molar-refractivity contribution in [2.75, 3.05) is 20.2 Å². The van der Waals surface area contributed by atoms with Crippen LogP contribution in [0.4, 0.5) is 0 Å². The van der Waals surface area contributed by atoms with Crippen LogP contribution < -0.4 is 5.32 Å². The standard InChI is InChI=1S/C19H19Cl2NO2S/c1-24-19(23)13-5-3-2-4-12(13)11-25-18-15-7-9-22-8-6-14(15)16(20)10-17(18)21/h2-5,10,22H,6-9,11H2,1H3. The fourth-order valence-electron chi connectivity index (χ4n) is 3.04. The molecule has 1 heterocycles. The molecule has 1 N–H and O–H groups in total. The van der Waals surface area contributed by atoms with E-state index in [2.05, 4.69) is 5.32 Å². The third kappa shape index (κ3) is 4.14. The van der Waals surface area contributed by atoms with Gasteiger partial charge in [-0.15, -0.1) is 11.8 Å². The summed E-state index contributed by atoms with van der Waals surface area (Å²) in [4.78, 5) is 13.0. The number of hydrogen-bond acceptors (Lipinski definition) is 4. The number of hydrogen-bond donors (Lipinski definition) is 1. The highest BCUT2D eigenvalue weighted by molar-refractivity contribution is 7.98. The first-order valence-electron chi connectivity index (χ1n) is 8.11. The topological polar surface area (TPSA) is 38.3 Å². The monoisotopic (exact) mass is 395 g/mol. The smallest absolute Gasteiger partial charge is 0.338 e. The van der Waals surface area contributed by atoms with E-state index in [-0.39, 0.29) is 5.97 Å². The van der Waals surface area contributed by atoms with Crippen molar-refractivity contribution >= 4 is 40.9 Å². The summed E-state index contributed by atoms with van der Waals surface area (Å²) in [5.41, 5.74) is 3.93. The molecule has 3 nitrogen and oxygen atoms in total. The molecule has 0 aliphatic carbocycles. The number of fused-ring (bicyclic) bond motifs is 1. The van der Waals surface area contributed by atoms with Gasteiger partial charge in [0.05, 0.1) is 17.7 Å². The van der Waals surface area contributed by atoms with Crippen LogP contribution >= 0.6 is 35.0 Å².